The molecule has 5 nitrogen and oxygen atoms in total. The van der Waals surface area contributed by atoms with Gasteiger partial charge in [0, 0.05) is 17.3 Å². The summed E-state index contributed by atoms with van der Waals surface area (Å²) in [5.41, 5.74) is 1.40. The van der Waals surface area contributed by atoms with Crippen LogP contribution in [0.25, 0.3) is 0 Å². The zero-order valence-electron chi connectivity index (χ0n) is 12.0. The minimum Gasteiger partial charge on any atom is -0.501 e. The summed E-state index contributed by atoms with van der Waals surface area (Å²) in [6, 6.07) is 6.63. The van der Waals surface area contributed by atoms with E-state index in [2.05, 4.69) is 5.32 Å². The van der Waals surface area contributed by atoms with Gasteiger partial charge in [-0.1, -0.05) is 11.6 Å². The monoisotopic (exact) mass is 320 g/mol. The van der Waals surface area contributed by atoms with E-state index in [0.29, 0.717) is 36.6 Å². The zero-order valence-corrected chi connectivity index (χ0v) is 12.8. The van der Waals surface area contributed by atoms with Crippen molar-refractivity contribution in [3.05, 3.63) is 41.1 Å². The average molecular weight is 321 g/mol. The number of ether oxygens (including phenoxy) is 1. The van der Waals surface area contributed by atoms with Crippen molar-refractivity contribution >= 4 is 29.1 Å². The highest BCUT2D eigenvalue weighted by Gasteiger charge is 2.34. The Morgan fingerprint density at radius 3 is 2.77 bits per heavy atom. The van der Waals surface area contributed by atoms with Crippen molar-refractivity contribution < 1.29 is 14.3 Å². The maximum absolute atomic E-state index is 12.4. The Morgan fingerprint density at radius 1 is 1.32 bits per heavy atom. The molecule has 2 heterocycles. The van der Waals surface area contributed by atoms with Gasteiger partial charge in [0.05, 0.1) is 18.4 Å². The first kappa shape index (κ1) is 14.9. The van der Waals surface area contributed by atoms with Gasteiger partial charge in [0.2, 0.25) is 5.91 Å². The molecule has 0 bridgehead atoms. The van der Waals surface area contributed by atoms with Crippen molar-refractivity contribution in [2.75, 3.05) is 18.1 Å². The van der Waals surface area contributed by atoms with Gasteiger partial charge in [-0.3, -0.25) is 9.59 Å². The van der Waals surface area contributed by atoms with Gasteiger partial charge in [-0.15, -0.1) is 0 Å². The van der Waals surface area contributed by atoms with Gasteiger partial charge in [-0.05, 0) is 43.5 Å². The third-order valence-corrected chi connectivity index (χ3v) is 4.13. The number of halogens is 1. The van der Waals surface area contributed by atoms with Crippen LogP contribution in [0.3, 0.4) is 0 Å². The minimum absolute atomic E-state index is 0.0898. The summed E-state index contributed by atoms with van der Waals surface area (Å²) in [4.78, 5) is 26.3. The van der Waals surface area contributed by atoms with E-state index in [9.17, 15) is 9.59 Å². The molecule has 1 aromatic carbocycles. The fourth-order valence-electron chi connectivity index (χ4n) is 2.67. The van der Waals surface area contributed by atoms with Gasteiger partial charge in [0.15, 0.2) is 0 Å². The molecule has 1 atom stereocenters. The van der Waals surface area contributed by atoms with Crippen molar-refractivity contribution in [1.82, 2.24) is 5.32 Å². The maximum atomic E-state index is 12.4. The molecular weight excluding hydrogens is 304 g/mol. The smallest absolute Gasteiger partial charge is 0.250 e. The highest BCUT2D eigenvalue weighted by Crippen LogP contribution is 2.23. The second-order valence-corrected chi connectivity index (χ2v) is 5.83. The summed E-state index contributed by atoms with van der Waals surface area (Å²) in [5.74, 6) is -0.302. The highest BCUT2D eigenvalue weighted by molar-refractivity contribution is 6.30. The van der Waals surface area contributed by atoms with Crippen molar-refractivity contribution in [3.8, 4) is 0 Å². The number of nitrogens with one attached hydrogen (secondary N) is 1. The molecule has 1 unspecified atom stereocenters. The average Bonchev–Trinajstić information content (AvgIpc) is 2.90. The van der Waals surface area contributed by atoms with Crippen LogP contribution in [0.5, 0.6) is 0 Å². The first-order chi connectivity index (χ1) is 10.6. The lowest BCUT2D eigenvalue weighted by Gasteiger charge is -2.18. The van der Waals surface area contributed by atoms with Gasteiger partial charge in [0.1, 0.15) is 6.04 Å². The SMILES string of the molecule is O=C(NC1CCN(c2ccc(Cl)cc2)C1=O)C1=COCCC1. The lowest BCUT2D eigenvalue weighted by molar-refractivity contribution is -0.124. The molecule has 3 rings (SSSR count). The molecule has 1 fully saturated rings. The Hall–Kier alpha value is -2.01. The van der Waals surface area contributed by atoms with Gasteiger partial charge >= 0.3 is 0 Å². The van der Waals surface area contributed by atoms with Gasteiger partial charge in [-0.2, -0.15) is 0 Å². The number of carbonyl (C=O) groups is 2. The van der Waals surface area contributed by atoms with Crippen LogP contribution in [-0.2, 0) is 14.3 Å². The second-order valence-electron chi connectivity index (χ2n) is 5.40. The summed E-state index contributed by atoms with van der Waals surface area (Å²) >= 11 is 5.86. The predicted molar refractivity (Wildman–Crippen MR) is 83.6 cm³/mol. The third-order valence-electron chi connectivity index (χ3n) is 3.87. The normalized spacial score (nSPS) is 21.3. The molecule has 22 heavy (non-hydrogen) atoms. The van der Waals surface area contributed by atoms with Crippen LogP contribution in [0.1, 0.15) is 19.3 Å². The second kappa shape index (κ2) is 6.40. The van der Waals surface area contributed by atoms with E-state index in [0.717, 1.165) is 12.1 Å². The van der Waals surface area contributed by atoms with Gasteiger partial charge in [0.25, 0.3) is 5.91 Å². The van der Waals surface area contributed by atoms with Crippen molar-refractivity contribution in [2.24, 2.45) is 0 Å². The van der Waals surface area contributed by atoms with Crippen LogP contribution in [-0.4, -0.2) is 31.0 Å². The largest absolute Gasteiger partial charge is 0.501 e. The minimum atomic E-state index is -0.481. The van der Waals surface area contributed by atoms with E-state index in [1.807, 2.05) is 12.1 Å². The highest BCUT2D eigenvalue weighted by atomic mass is 35.5. The summed E-state index contributed by atoms with van der Waals surface area (Å²) in [6.45, 7) is 1.23. The standard InChI is InChI=1S/C16H17ClN2O3/c17-12-3-5-13(6-4-12)19-8-7-14(16(19)21)18-15(20)11-2-1-9-22-10-11/h3-6,10,14H,1-2,7-9H2,(H,18,20). The summed E-state index contributed by atoms with van der Waals surface area (Å²) in [5, 5.41) is 3.43. The fraction of sp³-hybridized carbons (Fsp3) is 0.375. The lowest BCUT2D eigenvalue weighted by atomic mass is 10.1. The number of anilines is 1. The molecule has 1 saturated heterocycles. The van der Waals surface area contributed by atoms with Gasteiger partial charge in [-0.25, -0.2) is 0 Å². The Labute approximate surface area is 133 Å². The zero-order chi connectivity index (χ0) is 15.5. The number of benzene rings is 1. The fourth-order valence-corrected chi connectivity index (χ4v) is 2.80. The van der Waals surface area contributed by atoms with Crippen LogP contribution in [0.15, 0.2) is 36.1 Å². The molecule has 2 aliphatic heterocycles. The number of carbonyl (C=O) groups excluding carboxylic acids is 2. The molecule has 6 heteroatoms. The molecule has 1 N–H and O–H groups in total. The predicted octanol–water partition coefficient (Wildman–Crippen LogP) is 2.26. The number of hydrogen-bond donors (Lipinski definition) is 1. The van der Waals surface area contributed by atoms with E-state index in [1.54, 1.807) is 17.0 Å². The molecule has 2 amide bonds. The van der Waals surface area contributed by atoms with E-state index in [4.69, 9.17) is 16.3 Å². The number of rotatable bonds is 3. The van der Waals surface area contributed by atoms with Crippen LogP contribution < -0.4 is 10.2 Å². The summed E-state index contributed by atoms with van der Waals surface area (Å²) in [6.07, 6.45) is 3.61. The molecule has 0 aromatic heterocycles. The Morgan fingerprint density at radius 2 is 2.09 bits per heavy atom. The maximum Gasteiger partial charge on any atom is 0.250 e. The number of nitrogens with zero attached hydrogens (tertiary/aromatic N) is 1. The van der Waals surface area contributed by atoms with E-state index < -0.39 is 6.04 Å². The molecule has 2 aliphatic rings. The Bertz CT molecular complexity index is 612. The Balaban J connectivity index is 1.65. The van der Waals surface area contributed by atoms with Crippen molar-refractivity contribution in [1.29, 1.82) is 0 Å². The topological polar surface area (TPSA) is 58.6 Å². The Kier molecular flexibility index (Phi) is 4.34. The van der Waals surface area contributed by atoms with E-state index in [1.165, 1.54) is 6.26 Å². The van der Waals surface area contributed by atoms with Crippen LogP contribution in [0.4, 0.5) is 5.69 Å². The van der Waals surface area contributed by atoms with Crippen LogP contribution in [0, 0.1) is 0 Å². The first-order valence-electron chi connectivity index (χ1n) is 7.33. The quantitative estimate of drug-likeness (QED) is 0.929. The van der Waals surface area contributed by atoms with E-state index >= 15 is 0 Å². The number of hydrogen-bond acceptors (Lipinski definition) is 3. The molecule has 0 aliphatic carbocycles. The van der Waals surface area contributed by atoms with Gasteiger partial charge < -0.3 is 15.0 Å². The molecule has 1 aromatic rings. The third kappa shape index (κ3) is 3.09. The molecule has 0 spiro atoms. The lowest BCUT2D eigenvalue weighted by Crippen LogP contribution is -2.42. The van der Waals surface area contributed by atoms with E-state index in [-0.39, 0.29) is 11.8 Å². The van der Waals surface area contributed by atoms with Crippen molar-refractivity contribution in [3.63, 3.8) is 0 Å². The number of amides is 2. The van der Waals surface area contributed by atoms with Crippen LogP contribution >= 0.6 is 11.6 Å². The molecular formula is C16H17ClN2O3. The molecule has 0 radical (unpaired) electrons. The summed E-state index contributed by atoms with van der Waals surface area (Å²) < 4.78 is 5.17. The first-order valence-corrected chi connectivity index (χ1v) is 7.71. The molecule has 0 saturated carbocycles. The van der Waals surface area contributed by atoms with Crippen molar-refractivity contribution in [2.45, 2.75) is 25.3 Å². The van der Waals surface area contributed by atoms with Crippen LogP contribution in [0.2, 0.25) is 5.02 Å². The summed E-state index contributed by atoms with van der Waals surface area (Å²) in [7, 11) is 0. The molecule has 116 valence electrons.